The molecule has 2 aromatic carbocycles. The van der Waals surface area contributed by atoms with Crippen molar-refractivity contribution in [1.82, 2.24) is 0 Å². The number of rotatable bonds is 3. The van der Waals surface area contributed by atoms with Crippen LogP contribution in [0.1, 0.15) is 34.7 Å². The Morgan fingerprint density at radius 3 is 2.38 bits per heavy atom. The van der Waals surface area contributed by atoms with Crippen molar-refractivity contribution in [2.75, 3.05) is 13.1 Å². The molecule has 3 rings (SSSR count). The molecule has 0 radical (unpaired) electrons. The first kappa shape index (κ1) is 18.8. The average Bonchev–Trinajstić information content (AvgIpc) is 2.59. The van der Waals surface area contributed by atoms with E-state index in [9.17, 15) is 4.79 Å². The van der Waals surface area contributed by atoms with Crippen LogP contribution in [0, 0.1) is 10.7 Å². The molecule has 0 spiro atoms. The molecule has 0 aromatic heterocycles. The topological polar surface area (TPSA) is 42.9 Å². The molecule has 1 fully saturated rings. The molecule has 6 heteroatoms. The van der Waals surface area contributed by atoms with Gasteiger partial charge in [-0.15, -0.1) is 0 Å². The average molecular weight is 660 g/mol. The summed E-state index contributed by atoms with van der Waals surface area (Å²) in [5, 5.41) is 2.37. The summed E-state index contributed by atoms with van der Waals surface area (Å²) in [6, 6.07) is 12.0. The first-order valence-electron chi connectivity index (χ1n) is 7.83. The lowest BCUT2D eigenvalue weighted by Gasteiger charge is -2.20. The predicted octanol–water partition coefficient (Wildman–Crippen LogP) is 4.16. The van der Waals surface area contributed by atoms with Gasteiger partial charge in [0.05, 0.1) is 18.7 Å². The van der Waals surface area contributed by atoms with Gasteiger partial charge in [-0.25, -0.2) is 4.79 Å². The van der Waals surface area contributed by atoms with Gasteiger partial charge in [-0.3, -0.25) is 0 Å². The summed E-state index contributed by atoms with van der Waals surface area (Å²) < 4.78 is 8.62. The first-order chi connectivity index (χ1) is 11.5. The van der Waals surface area contributed by atoms with E-state index in [2.05, 4.69) is 91.3 Å². The van der Waals surface area contributed by atoms with Crippen LogP contribution in [0.2, 0.25) is 0 Å². The van der Waals surface area contributed by atoms with Gasteiger partial charge in [-0.1, -0.05) is 12.1 Å². The van der Waals surface area contributed by atoms with Crippen LogP contribution < -0.4 is 10.1 Å². The summed E-state index contributed by atoms with van der Waals surface area (Å²) in [5.74, 6) is 0.949. The Morgan fingerprint density at radius 2 is 1.71 bits per heavy atom. The van der Waals surface area contributed by atoms with Gasteiger partial charge in [0.2, 0.25) is 0 Å². The van der Waals surface area contributed by atoms with Gasteiger partial charge in [-0.2, -0.15) is 0 Å². The van der Waals surface area contributed by atoms with Crippen molar-refractivity contribution in [2.24, 2.45) is 0 Å². The molecule has 0 unspecified atom stereocenters. The van der Waals surface area contributed by atoms with Crippen LogP contribution >= 0.6 is 67.8 Å². The van der Waals surface area contributed by atoms with Crippen LogP contribution in [0.3, 0.4) is 0 Å². The highest BCUT2D eigenvalue weighted by atomic mass is 127. The zero-order valence-electron chi connectivity index (χ0n) is 12.9. The number of carbonyl (C=O) groups excluding carboxylic acids is 1. The molecule has 24 heavy (non-hydrogen) atoms. The smallest absolute Gasteiger partial charge is 0.344 e. The van der Waals surface area contributed by atoms with E-state index in [4.69, 9.17) is 4.74 Å². The predicted molar refractivity (Wildman–Crippen MR) is 120 cm³/mol. The molecule has 0 amide bonds. The maximum Gasteiger partial charge on any atom is 0.344 e. The Balaban J connectivity index is 1.73. The number of esters is 1. The maximum atomic E-state index is 12.5. The highest BCUT2D eigenvalue weighted by Gasteiger charge is 2.18. The number of carbonyl (C=O) groups is 1. The SMILES string of the molecule is O=C(Oc1ccc(C2CC[NH2+]CC2)cc1)c1cc(I)cc(I)c1I. The van der Waals surface area contributed by atoms with Crippen LogP contribution in [0.15, 0.2) is 36.4 Å². The quantitative estimate of drug-likeness (QED) is 0.233. The van der Waals surface area contributed by atoms with Crippen molar-refractivity contribution in [1.29, 1.82) is 0 Å². The molecule has 2 aromatic rings. The Morgan fingerprint density at radius 1 is 1.04 bits per heavy atom. The maximum absolute atomic E-state index is 12.5. The summed E-state index contributed by atoms with van der Waals surface area (Å²) >= 11 is 6.67. The van der Waals surface area contributed by atoms with E-state index in [1.54, 1.807) is 0 Å². The van der Waals surface area contributed by atoms with Crippen LogP contribution in [0.25, 0.3) is 0 Å². The standard InChI is InChI=1S/C18H16I3NO2/c19-13-9-15(17(21)16(20)10-13)18(23)24-14-3-1-11(2-4-14)12-5-7-22-8-6-12/h1-4,9-10,12,22H,5-8H2/p+1. The minimum Gasteiger partial charge on any atom is -0.423 e. The summed E-state index contributed by atoms with van der Waals surface area (Å²) in [5.41, 5.74) is 1.97. The van der Waals surface area contributed by atoms with Gasteiger partial charge in [0.1, 0.15) is 5.75 Å². The largest absolute Gasteiger partial charge is 0.423 e. The molecule has 3 nitrogen and oxygen atoms in total. The van der Waals surface area contributed by atoms with E-state index in [1.165, 1.54) is 31.5 Å². The second-order valence-corrected chi connectivity index (χ2v) is 9.33. The van der Waals surface area contributed by atoms with Crippen LogP contribution in [0.4, 0.5) is 0 Å². The number of hydrogen-bond donors (Lipinski definition) is 1. The van der Waals surface area contributed by atoms with Gasteiger partial charge >= 0.3 is 5.97 Å². The summed E-state index contributed by atoms with van der Waals surface area (Å²) in [4.78, 5) is 12.5. The number of hydrogen-bond acceptors (Lipinski definition) is 2. The molecule has 126 valence electrons. The van der Waals surface area contributed by atoms with Gasteiger partial charge in [0, 0.05) is 23.6 Å². The van der Waals surface area contributed by atoms with E-state index >= 15 is 0 Å². The highest BCUT2D eigenvalue weighted by Crippen LogP contribution is 2.27. The van der Waals surface area contributed by atoms with Crippen LogP contribution in [-0.2, 0) is 0 Å². The lowest BCUT2D eigenvalue weighted by molar-refractivity contribution is -0.663. The van der Waals surface area contributed by atoms with Crippen molar-refractivity contribution in [3.8, 4) is 5.75 Å². The molecule has 2 N–H and O–H groups in total. The number of benzene rings is 2. The Hall–Kier alpha value is 0.0600. The molecule has 1 heterocycles. The van der Waals surface area contributed by atoms with Crippen molar-refractivity contribution in [2.45, 2.75) is 18.8 Å². The molecule has 0 atom stereocenters. The number of piperidine rings is 1. The fourth-order valence-corrected chi connectivity index (χ4v) is 5.31. The Kier molecular flexibility index (Phi) is 6.77. The van der Waals surface area contributed by atoms with E-state index < -0.39 is 0 Å². The van der Waals surface area contributed by atoms with Crippen LogP contribution in [0.5, 0.6) is 5.75 Å². The van der Waals surface area contributed by atoms with Crippen molar-refractivity contribution >= 4 is 73.7 Å². The van der Waals surface area contributed by atoms with Crippen molar-refractivity contribution < 1.29 is 14.8 Å². The third kappa shape index (κ3) is 4.61. The molecular weight excluding hydrogens is 643 g/mol. The van der Waals surface area contributed by atoms with Crippen molar-refractivity contribution in [3.63, 3.8) is 0 Å². The lowest BCUT2D eigenvalue weighted by Crippen LogP contribution is -2.86. The minimum atomic E-state index is -0.296. The number of nitrogens with two attached hydrogens (primary N) is 1. The Bertz CT molecular complexity index is 741. The second-order valence-electron chi connectivity index (χ2n) is 5.85. The van der Waals surface area contributed by atoms with E-state index in [0.717, 1.165) is 10.7 Å². The highest BCUT2D eigenvalue weighted by molar-refractivity contribution is 14.1. The summed E-state index contributed by atoms with van der Waals surface area (Å²) in [6.45, 7) is 2.40. The third-order valence-electron chi connectivity index (χ3n) is 4.21. The summed E-state index contributed by atoms with van der Waals surface area (Å²) in [6.07, 6.45) is 2.44. The number of quaternary nitrogens is 1. The second kappa shape index (κ2) is 8.63. The molecule has 0 saturated carbocycles. The van der Waals surface area contributed by atoms with E-state index in [-0.39, 0.29) is 5.97 Å². The number of halogens is 3. The fraction of sp³-hybridized carbons (Fsp3) is 0.278. The molecular formula is C18H17I3NO2+. The monoisotopic (exact) mass is 660 g/mol. The van der Waals surface area contributed by atoms with Gasteiger partial charge < -0.3 is 10.1 Å². The van der Waals surface area contributed by atoms with Gasteiger partial charge in [0.15, 0.2) is 0 Å². The van der Waals surface area contributed by atoms with Gasteiger partial charge in [-0.05, 0) is 104 Å². The first-order valence-corrected chi connectivity index (χ1v) is 11.1. The molecule has 1 saturated heterocycles. The number of ether oxygens (including phenoxy) is 1. The zero-order chi connectivity index (χ0) is 17.1. The zero-order valence-corrected chi connectivity index (χ0v) is 19.4. The molecule has 1 aliphatic rings. The van der Waals surface area contributed by atoms with Crippen molar-refractivity contribution in [3.05, 3.63) is 58.2 Å². The third-order valence-corrected chi connectivity index (χ3v) is 7.88. The van der Waals surface area contributed by atoms with Crippen LogP contribution in [-0.4, -0.2) is 19.1 Å². The van der Waals surface area contributed by atoms with E-state index in [0.29, 0.717) is 17.2 Å². The fourth-order valence-electron chi connectivity index (χ4n) is 2.93. The van der Waals surface area contributed by atoms with E-state index in [1.807, 2.05) is 18.2 Å². The molecule has 1 aliphatic heterocycles. The lowest BCUT2D eigenvalue weighted by atomic mass is 9.90. The minimum absolute atomic E-state index is 0.296. The molecule has 0 bridgehead atoms. The van der Waals surface area contributed by atoms with Gasteiger partial charge in [0.25, 0.3) is 0 Å². The Labute approximate surface area is 182 Å². The normalized spacial score (nSPS) is 15.3. The molecule has 0 aliphatic carbocycles. The summed E-state index contributed by atoms with van der Waals surface area (Å²) in [7, 11) is 0.